The molecule has 2 heterocycles. The summed E-state index contributed by atoms with van der Waals surface area (Å²) in [5.41, 5.74) is 3.52. The van der Waals surface area contributed by atoms with Crippen LogP contribution in [0, 0.1) is 25.2 Å². The molecule has 1 aliphatic heterocycles. The second-order valence-electron chi connectivity index (χ2n) is 5.64. The Kier molecular flexibility index (Phi) is 3.57. The van der Waals surface area contributed by atoms with Crippen molar-refractivity contribution in [2.24, 2.45) is 0 Å². The molecule has 0 saturated carbocycles. The van der Waals surface area contributed by atoms with E-state index in [2.05, 4.69) is 10.4 Å². The fourth-order valence-electron chi connectivity index (χ4n) is 2.82. The molecule has 0 unspecified atom stereocenters. The Balaban J connectivity index is 2.02. The summed E-state index contributed by atoms with van der Waals surface area (Å²) < 4.78 is 28.0. The molecule has 1 aromatic heterocycles. The van der Waals surface area contributed by atoms with Crippen LogP contribution in [0.2, 0.25) is 0 Å². The first kappa shape index (κ1) is 14.5. The summed E-state index contributed by atoms with van der Waals surface area (Å²) in [4.78, 5) is 0. The summed E-state index contributed by atoms with van der Waals surface area (Å²) in [5, 5.41) is 16.2. The topological polar surface area (TPSA) is 53.6 Å². The van der Waals surface area contributed by atoms with Crippen LogP contribution in [0.5, 0.6) is 0 Å². The molecule has 22 heavy (non-hydrogen) atoms. The Bertz CT molecular complexity index is 745. The van der Waals surface area contributed by atoms with Gasteiger partial charge in [0, 0.05) is 0 Å². The van der Waals surface area contributed by atoms with Crippen molar-refractivity contribution >= 4 is 5.82 Å². The number of aromatic nitrogens is 2. The van der Waals surface area contributed by atoms with Gasteiger partial charge >= 0.3 is 0 Å². The average molecular weight is 302 g/mol. The van der Waals surface area contributed by atoms with E-state index in [0.717, 1.165) is 16.7 Å². The van der Waals surface area contributed by atoms with Gasteiger partial charge in [-0.2, -0.15) is 10.4 Å². The van der Waals surface area contributed by atoms with Gasteiger partial charge in [-0.05, 0) is 37.0 Å². The van der Waals surface area contributed by atoms with Crippen molar-refractivity contribution in [1.82, 2.24) is 9.78 Å². The number of halogens is 2. The summed E-state index contributed by atoms with van der Waals surface area (Å²) in [7, 11) is 0. The second-order valence-corrected chi connectivity index (χ2v) is 5.64. The van der Waals surface area contributed by atoms with E-state index < -0.39 is 12.5 Å². The van der Waals surface area contributed by atoms with Crippen LogP contribution in [0.15, 0.2) is 24.4 Å². The van der Waals surface area contributed by atoms with E-state index in [4.69, 9.17) is 5.26 Å². The maximum atomic E-state index is 13.4. The van der Waals surface area contributed by atoms with Crippen LogP contribution in [0.25, 0.3) is 0 Å². The van der Waals surface area contributed by atoms with E-state index >= 15 is 0 Å². The Morgan fingerprint density at radius 2 is 2.14 bits per heavy atom. The highest BCUT2D eigenvalue weighted by Gasteiger charge is 2.35. The van der Waals surface area contributed by atoms with E-state index in [-0.39, 0.29) is 12.5 Å². The largest absolute Gasteiger partial charge is 0.362 e. The molecule has 0 amide bonds. The molecule has 1 aliphatic rings. The maximum Gasteiger partial charge on any atom is 0.260 e. The minimum absolute atomic E-state index is 0.236. The lowest BCUT2D eigenvalue weighted by Crippen LogP contribution is -2.31. The zero-order valence-corrected chi connectivity index (χ0v) is 12.3. The number of hydrogen-bond donors (Lipinski definition) is 1. The Labute approximate surface area is 127 Å². The average Bonchev–Trinajstić information content (AvgIpc) is 2.91. The Hall–Kier alpha value is -2.42. The summed E-state index contributed by atoms with van der Waals surface area (Å²) >= 11 is 0. The number of nitriles is 1. The first-order valence-electron chi connectivity index (χ1n) is 7.10. The van der Waals surface area contributed by atoms with Gasteiger partial charge in [0.25, 0.3) is 6.43 Å². The molecule has 2 aromatic rings. The lowest BCUT2D eigenvalue weighted by Gasteiger charge is -2.32. The number of aryl methyl sites for hydroxylation is 2. The van der Waals surface area contributed by atoms with Gasteiger partial charge < -0.3 is 5.32 Å². The molecule has 114 valence electrons. The van der Waals surface area contributed by atoms with Gasteiger partial charge in [-0.3, -0.25) is 0 Å². The number of nitrogens with one attached hydrogen (secondary N) is 1. The number of benzene rings is 1. The fourth-order valence-corrected chi connectivity index (χ4v) is 2.82. The van der Waals surface area contributed by atoms with Gasteiger partial charge in [0.2, 0.25) is 0 Å². The van der Waals surface area contributed by atoms with E-state index in [1.165, 1.54) is 10.9 Å². The van der Waals surface area contributed by atoms with Crippen LogP contribution in [-0.4, -0.2) is 16.2 Å². The number of alkyl halides is 2. The zero-order valence-electron chi connectivity index (χ0n) is 12.3. The van der Waals surface area contributed by atoms with E-state index in [1.54, 1.807) is 0 Å². The monoisotopic (exact) mass is 302 g/mol. The molecule has 0 aliphatic carbocycles. The smallest absolute Gasteiger partial charge is 0.260 e. The molecule has 1 aromatic carbocycles. The molecular weight excluding hydrogens is 286 g/mol. The van der Waals surface area contributed by atoms with Crippen LogP contribution in [0.3, 0.4) is 0 Å². The molecule has 3 rings (SSSR count). The van der Waals surface area contributed by atoms with Crippen molar-refractivity contribution in [3.63, 3.8) is 0 Å². The first-order chi connectivity index (χ1) is 10.5. The first-order valence-corrected chi connectivity index (χ1v) is 7.10. The highest BCUT2D eigenvalue weighted by molar-refractivity contribution is 5.54. The lowest BCUT2D eigenvalue weighted by molar-refractivity contribution is 0.0658. The molecule has 0 fully saturated rings. The minimum atomic E-state index is -2.53. The summed E-state index contributed by atoms with van der Waals surface area (Å²) in [5.74, 6) is 0.377. The van der Waals surface area contributed by atoms with E-state index in [0.29, 0.717) is 11.4 Å². The van der Waals surface area contributed by atoms with Gasteiger partial charge in [0.15, 0.2) is 0 Å². The van der Waals surface area contributed by atoms with Gasteiger partial charge in [-0.1, -0.05) is 18.2 Å². The molecule has 0 bridgehead atoms. The third-order valence-corrected chi connectivity index (χ3v) is 4.24. The molecule has 0 radical (unpaired) electrons. The van der Waals surface area contributed by atoms with Crippen molar-refractivity contribution < 1.29 is 8.78 Å². The van der Waals surface area contributed by atoms with Crippen molar-refractivity contribution in [3.8, 4) is 6.07 Å². The molecule has 6 heteroatoms. The number of anilines is 1. The predicted octanol–water partition coefficient (Wildman–Crippen LogP) is 3.73. The highest BCUT2D eigenvalue weighted by atomic mass is 19.3. The van der Waals surface area contributed by atoms with Crippen molar-refractivity contribution in [3.05, 3.63) is 46.6 Å². The molecular formula is C16H16F2N4. The number of fused-ring (bicyclic) bond motifs is 1. The summed E-state index contributed by atoms with van der Waals surface area (Å²) in [6, 6.07) is 6.66. The minimum Gasteiger partial charge on any atom is -0.362 e. The molecule has 2 atom stereocenters. The predicted molar refractivity (Wildman–Crippen MR) is 78.9 cm³/mol. The van der Waals surface area contributed by atoms with Crippen LogP contribution >= 0.6 is 0 Å². The quantitative estimate of drug-likeness (QED) is 0.919. The summed E-state index contributed by atoms with van der Waals surface area (Å²) in [6.07, 6.45) is -0.957. The van der Waals surface area contributed by atoms with Crippen LogP contribution < -0.4 is 5.32 Å². The molecule has 4 nitrogen and oxygen atoms in total. The normalized spacial score (nSPS) is 20.4. The van der Waals surface area contributed by atoms with Crippen LogP contribution in [0.4, 0.5) is 14.6 Å². The van der Waals surface area contributed by atoms with Crippen molar-refractivity contribution in [2.45, 2.75) is 38.8 Å². The third kappa shape index (κ3) is 2.33. The number of nitrogens with zero attached hydrogens (tertiary/aromatic N) is 3. The van der Waals surface area contributed by atoms with E-state index in [1.807, 2.05) is 38.1 Å². The van der Waals surface area contributed by atoms with Gasteiger partial charge in [-0.25, -0.2) is 13.5 Å². The van der Waals surface area contributed by atoms with Gasteiger partial charge in [0.1, 0.15) is 23.5 Å². The number of rotatable bonds is 2. The lowest BCUT2D eigenvalue weighted by atomic mass is 9.94. The standard InChI is InChI=1S/C16H16F2N4/c1-9-3-4-11(5-10(9)2)13-6-14(15(17)18)22-16(21-13)12(7-19)8-20-22/h3-5,8,13-15,21H,6H2,1-2H3/t13-,14+/m1/s1. The summed E-state index contributed by atoms with van der Waals surface area (Å²) in [6.45, 7) is 4.01. The van der Waals surface area contributed by atoms with Crippen molar-refractivity contribution in [1.29, 1.82) is 5.26 Å². The Morgan fingerprint density at radius 1 is 1.36 bits per heavy atom. The second kappa shape index (κ2) is 5.41. The van der Waals surface area contributed by atoms with Gasteiger partial charge in [-0.15, -0.1) is 0 Å². The van der Waals surface area contributed by atoms with Crippen LogP contribution in [0.1, 0.15) is 40.8 Å². The van der Waals surface area contributed by atoms with Crippen molar-refractivity contribution in [2.75, 3.05) is 5.32 Å². The van der Waals surface area contributed by atoms with Gasteiger partial charge in [0.05, 0.1) is 12.2 Å². The third-order valence-electron chi connectivity index (χ3n) is 4.24. The SMILES string of the molecule is Cc1ccc([C@H]2C[C@@H](C(F)F)n3ncc(C#N)c3N2)cc1C. The molecule has 0 saturated heterocycles. The fraction of sp³-hybridized carbons (Fsp3) is 0.375. The molecule has 0 spiro atoms. The number of hydrogen-bond acceptors (Lipinski definition) is 3. The molecule has 1 N–H and O–H groups in total. The van der Waals surface area contributed by atoms with Crippen LogP contribution in [-0.2, 0) is 0 Å². The zero-order chi connectivity index (χ0) is 15.9. The van der Waals surface area contributed by atoms with E-state index in [9.17, 15) is 8.78 Å². The highest BCUT2D eigenvalue weighted by Crippen LogP contribution is 2.39. The maximum absolute atomic E-state index is 13.4. The Morgan fingerprint density at radius 3 is 2.77 bits per heavy atom.